The van der Waals surface area contributed by atoms with Crippen LogP contribution in [0.15, 0.2) is 42.5 Å². The molecule has 2 aromatic carbocycles. The highest BCUT2D eigenvalue weighted by Crippen LogP contribution is 2.48. The van der Waals surface area contributed by atoms with Crippen LogP contribution >= 0.6 is 0 Å². The molecule has 1 saturated heterocycles. The van der Waals surface area contributed by atoms with E-state index in [0.717, 1.165) is 61.2 Å². The van der Waals surface area contributed by atoms with Gasteiger partial charge in [0, 0.05) is 24.1 Å². The van der Waals surface area contributed by atoms with Gasteiger partial charge in [-0.25, -0.2) is 0 Å². The lowest BCUT2D eigenvalue weighted by Gasteiger charge is -2.40. The van der Waals surface area contributed by atoms with Gasteiger partial charge in [0.05, 0.1) is 25.8 Å². The largest absolute Gasteiger partial charge is 0.497 e. The van der Waals surface area contributed by atoms with Crippen molar-refractivity contribution in [2.75, 3.05) is 25.6 Å². The van der Waals surface area contributed by atoms with Gasteiger partial charge < -0.3 is 20.1 Å². The van der Waals surface area contributed by atoms with Crippen molar-refractivity contribution in [3.63, 3.8) is 0 Å². The molecule has 2 aromatic rings. The summed E-state index contributed by atoms with van der Waals surface area (Å²) in [7, 11) is 1.68. The zero-order valence-corrected chi connectivity index (χ0v) is 17.5. The van der Waals surface area contributed by atoms with Crippen LogP contribution in [-0.2, 0) is 4.79 Å². The molecule has 158 valence electrons. The predicted molar refractivity (Wildman–Crippen MR) is 117 cm³/mol. The molecule has 2 N–H and O–H groups in total. The van der Waals surface area contributed by atoms with E-state index < -0.39 is 0 Å². The molecule has 0 bridgehead atoms. The maximum Gasteiger partial charge on any atom is 0.226 e. The Morgan fingerprint density at radius 2 is 1.93 bits per heavy atom. The van der Waals surface area contributed by atoms with Gasteiger partial charge >= 0.3 is 0 Å². The van der Waals surface area contributed by atoms with Gasteiger partial charge in [-0.15, -0.1) is 0 Å². The molecule has 1 aliphatic carbocycles. The Kier molecular flexibility index (Phi) is 5.15. The molecular formula is C25H30N2O3. The molecule has 5 heteroatoms. The standard InChI is InChI=1S/C25H30N2O3/c1-30-19-8-4-7-17(13-19)18-9-10-22-21(14-18)24-20(23(15-28)26-22)11-12-27(24)25(29)16-5-2-3-6-16/h4,7-10,13-14,16,20,23-24,26,28H,2-3,5-6,11-12,15H2,1H3/t20-,23-,24-/m0/s1. The number of aliphatic hydroxyl groups is 1. The van der Waals surface area contributed by atoms with E-state index in [1.54, 1.807) is 7.11 Å². The van der Waals surface area contributed by atoms with E-state index in [4.69, 9.17) is 4.74 Å². The number of hydrogen-bond donors (Lipinski definition) is 2. The second-order valence-electron chi connectivity index (χ2n) is 8.88. The number of anilines is 1. The SMILES string of the molecule is COc1cccc(-c2ccc3c(c2)[C@@H]2[C@@H](CCN2C(=O)C2CCCC2)[C@H](CO)N3)c1. The van der Waals surface area contributed by atoms with Gasteiger partial charge in [-0.05, 0) is 60.2 Å². The summed E-state index contributed by atoms with van der Waals surface area (Å²) in [6.07, 6.45) is 5.30. The fraction of sp³-hybridized carbons (Fsp3) is 0.480. The van der Waals surface area contributed by atoms with Crippen LogP contribution in [-0.4, -0.2) is 42.2 Å². The van der Waals surface area contributed by atoms with Crippen molar-refractivity contribution in [2.45, 2.75) is 44.2 Å². The van der Waals surface area contributed by atoms with Gasteiger partial charge in [0.15, 0.2) is 0 Å². The average Bonchev–Trinajstić information content (AvgIpc) is 3.48. The molecule has 5 nitrogen and oxygen atoms in total. The number of benzene rings is 2. The molecular weight excluding hydrogens is 376 g/mol. The lowest BCUT2D eigenvalue weighted by Crippen LogP contribution is -2.44. The van der Waals surface area contributed by atoms with Crippen molar-refractivity contribution in [3.8, 4) is 16.9 Å². The first-order valence-corrected chi connectivity index (χ1v) is 11.2. The summed E-state index contributed by atoms with van der Waals surface area (Å²) in [5.74, 6) is 1.57. The number of nitrogens with zero attached hydrogens (tertiary/aromatic N) is 1. The van der Waals surface area contributed by atoms with E-state index in [-0.39, 0.29) is 30.5 Å². The van der Waals surface area contributed by atoms with Crippen LogP contribution in [0.2, 0.25) is 0 Å². The number of hydrogen-bond acceptors (Lipinski definition) is 4. The van der Waals surface area contributed by atoms with E-state index in [9.17, 15) is 9.90 Å². The Morgan fingerprint density at radius 3 is 2.70 bits per heavy atom. The highest BCUT2D eigenvalue weighted by atomic mass is 16.5. The van der Waals surface area contributed by atoms with E-state index in [1.807, 2.05) is 18.2 Å². The molecule has 3 atom stereocenters. The second-order valence-corrected chi connectivity index (χ2v) is 8.88. The Hall–Kier alpha value is -2.53. The third kappa shape index (κ3) is 3.25. The predicted octanol–water partition coefficient (Wildman–Crippen LogP) is 4.23. The lowest BCUT2D eigenvalue weighted by atomic mass is 9.82. The summed E-state index contributed by atoms with van der Waals surface area (Å²) < 4.78 is 5.40. The number of fused-ring (bicyclic) bond motifs is 3. The first-order valence-electron chi connectivity index (χ1n) is 11.2. The molecule has 0 radical (unpaired) electrons. The third-order valence-electron chi connectivity index (χ3n) is 7.26. The molecule has 5 rings (SSSR count). The molecule has 30 heavy (non-hydrogen) atoms. The van der Waals surface area contributed by atoms with Gasteiger partial charge in [-0.3, -0.25) is 4.79 Å². The number of carbonyl (C=O) groups is 1. The number of methoxy groups -OCH3 is 1. The maximum atomic E-state index is 13.4. The number of nitrogens with one attached hydrogen (secondary N) is 1. The van der Waals surface area contributed by atoms with Gasteiger partial charge in [0.2, 0.25) is 5.91 Å². The highest BCUT2D eigenvalue weighted by Gasteiger charge is 2.47. The summed E-state index contributed by atoms with van der Waals surface area (Å²) in [5, 5.41) is 13.5. The Bertz CT molecular complexity index is 938. The normalized spacial score (nSPS) is 25.5. The van der Waals surface area contributed by atoms with Crippen LogP contribution in [0.25, 0.3) is 11.1 Å². The summed E-state index contributed by atoms with van der Waals surface area (Å²) in [6, 6.07) is 14.5. The number of likely N-dealkylation sites (tertiary alicyclic amines) is 1. The number of ether oxygens (including phenoxy) is 1. The zero-order valence-electron chi connectivity index (χ0n) is 17.5. The molecule has 0 unspecified atom stereocenters. The summed E-state index contributed by atoms with van der Waals surface area (Å²) in [6.45, 7) is 0.870. The van der Waals surface area contributed by atoms with Gasteiger partial charge in [0.25, 0.3) is 0 Å². The summed E-state index contributed by atoms with van der Waals surface area (Å²) >= 11 is 0. The van der Waals surface area contributed by atoms with Gasteiger partial charge in [-0.1, -0.05) is 31.0 Å². The van der Waals surface area contributed by atoms with Crippen LogP contribution in [0.4, 0.5) is 5.69 Å². The molecule has 1 saturated carbocycles. The van der Waals surface area contributed by atoms with Crippen LogP contribution in [0.3, 0.4) is 0 Å². The molecule has 0 aromatic heterocycles. The fourth-order valence-corrected chi connectivity index (χ4v) is 5.70. The van der Waals surface area contributed by atoms with Crippen molar-refractivity contribution in [3.05, 3.63) is 48.0 Å². The summed E-state index contributed by atoms with van der Waals surface area (Å²) in [5.41, 5.74) is 4.43. The Labute approximate surface area is 178 Å². The topological polar surface area (TPSA) is 61.8 Å². The molecule has 1 amide bonds. The van der Waals surface area contributed by atoms with E-state index >= 15 is 0 Å². The quantitative estimate of drug-likeness (QED) is 0.798. The third-order valence-corrected chi connectivity index (χ3v) is 7.26. The molecule has 2 aliphatic heterocycles. The first-order chi connectivity index (χ1) is 14.7. The van der Waals surface area contributed by atoms with E-state index in [1.165, 1.54) is 5.56 Å². The fourth-order valence-electron chi connectivity index (χ4n) is 5.70. The smallest absolute Gasteiger partial charge is 0.226 e. The monoisotopic (exact) mass is 406 g/mol. The van der Waals surface area contributed by atoms with Gasteiger partial charge in [-0.2, -0.15) is 0 Å². The van der Waals surface area contributed by atoms with Crippen molar-refractivity contribution < 1.29 is 14.6 Å². The minimum atomic E-state index is -0.00783. The summed E-state index contributed by atoms with van der Waals surface area (Å²) in [4.78, 5) is 15.5. The maximum absolute atomic E-state index is 13.4. The molecule has 2 fully saturated rings. The number of amides is 1. The van der Waals surface area contributed by atoms with Crippen LogP contribution in [0.5, 0.6) is 5.75 Å². The Morgan fingerprint density at radius 1 is 1.13 bits per heavy atom. The molecule has 0 spiro atoms. The number of carbonyl (C=O) groups excluding carboxylic acids is 1. The van der Waals surface area contributed by atoms with Crippen LogP contribution in [0.1, 0.15) is 43.7 Å². The zero-order chi connectivity index (χ0) is 20.7. The minimum absolute atomic E-state index is 0.00783. The highest BCUT2D eigenvalue weighted by molar-refractivity contribution is 5.81. The first kappa shape index (κ1) is 19.4. The van der Waals surface area contributed by atoms with E-state index in [0.29, 0.717) is 5.91 Å². The van der Waals surface area contributed by atoms with E-state index in [2.05, 4.69) is 34.5 Å². The Balaban J connectivity index is 1.54. The van der Waals surface area contributed by atoms with Crippen molar-refractivity contribution in [1.82, 2.24) is 4.90 Å². The van der Waals surface area contributed by atoms with Crippen molar-refractivity contribution in [2.24, 2.45) is 11.8 Å². The van der Waals surface area contributed by atoms with Crippen LogP contribution in [0, 0.1) is 11.8 Å². The second kappa shape index (κ2) is 7.95. The average molecular weight is 407 g/mol. The van der Waals surface area contributed by atoms with Crippen LogP contribution < -0.4 is 10.1 Å². The molecule has 3 aliphatic rings. The molecule has 2 heterocycles. The number of aliphatic hydroxyl groups excluding tert-OH is 1. The van der Waals surface area contributed by atoms with Gasteiger partial charge in [0.1, 0.15) is 5.75 Å². The lowest BCUT2D eigenvalue weighted by molar-refractivity contribution is -0.136. The van der Waals surface area contributed by atoms with Crippen molar-refractivity contribution in [1.29, 1.82) is 0 Å². The minimum Gasteiger partial charge on any atom is -0.497 e. The van der Waals surface area contributed by atoms with Crippen molar-refractivity contribution >= 4 is 11.6 Å². The number of rotatable bonds is 4.